The Bertz CT molecular complexity index is 736. The van der Waals surface area contributed by atoms with E-state index in [0.717, 1.165) is 5.69 Å². The molecule has 0 N–H and O–H groups in total. The van der Waals surface area contributed by atoms with E-state index >= 15 is 0 Å². The van der Waals surface area contributed by atoms with Gasteiger partial charge in [0.1, 0.15) is 6.10 Å². The molecule has 3 rings (SSSR count). The topological polar surface area (TPSA) is 64.5 Å². The number of methoxy groups -OCH3 is 1. The zero-order valence-corrected chi connectivity index (χ0v) is 13.5. The molecule has 7 heteroatoms. The van der Waals surface area contributed by atoms with Gasteiger partial charge in [-0.3, -0.25) is 4.79 Å². The van der Waals surface area contributed by atoms with Crippen molar-refractivity contribution in [2.45, 2.75) is 19.4 Å². The fourth-order valence-electron chi connectivity index (χ4n) is 2.61. The van der Waals surface area contributed by atoms with Gasteiger partial charge < -0.3 is 14.4 Å². The molecular formula is C17H18FN3O3. The molecule has 1 aromatic carbocycles. The van der Waals surface area contributed by atoms with Crippen molar-refractivity contribution in [2.75, 3.05) is 20.2 Å². The van der Waals surface area contributed by atoms with Crippen LogP contribution in [0.1, 0.15) is 22.5 Å². The lowest BCUT2D eigenvalue weighted by Crippen LogP contribution is -2.31. The van der Waals surface area contributed by atoms with Crippen LogP contribution in [0.15, 0.2) is 30.3 Å². The van der Waals surface area contributed by atoms with Crippen LogP contribution in [0.3, 0.4) is 0 Å². The first-order valence-corrected chi connectivity index (χ1v) is 7.66. The third kappa shape index (κ3) is 3.45. The van der Waals surface area contributed by atoms with Crippen LogP contribution in [0.4, 0.5) is 4.39 Å². The highest BCUT2D eigenvalue weighted by Crippen LogP contribution is 2.21. The predicted octanol–water partition coefficient (Wildman–Crippen LogP) is 2.23. The SMILES string of the molecule is COc1ccc(C(=O)N2CC[C@H](Oc3ccc(C)nn3)C2)cc1F. The van der Waals surface area contributed by atoms with Gasteiger partial charge in [0, 0.05) is 24.6 Å². The lowest BCUT2D eigenvalue weighted by molar-refractivity contribution is 0.0770. The molecule has 6 nitrogen and oxygen atoms in total. The average molecular weight is 331 g/mol. The van der Waals surface area contributed by atoms with E-state index in [4.69, 9.17) is 9.47 Å². The number of hydrogen-bond acceptors (Lipinski definition) is 5. The summed E-state index contributed by atoms with van der Waals surface area (Å²) in [6.07, 6.45) is 0.550. The maximum atomic E-state index is 13.8. The number of aryl methyl sites for hydroxylation is 1. The summed E-state index contributed by atoms with van der Waals surface area (Å²) in [5.41, 5.74) is 1.11. The Morgan fingerprint density at radius 1 is 1.29 bits per heavy atom. The molecule has 24 heavy (non-hydrogen) atoms. The van der Waals surface area contributed by atoms with Crippen molar-refractivity contribution < 1.29 is 18.7 Å². The number of benzene rings is 1. The highest BCUT2D eigenvalue weighted by Gasteiger charge is 2.29. The van der Waals surface area contributed by atoms with Crippen LogP contribution in [0, 0.1) is 12.7 Å². The molecule has 1 aliphatic rings. The van der Waals surface area contributed by atoms with Gasteiger partial charge >= 0.3 is 0 Å². The van der Waals surface area contributed by atoms with Crippen molar-refractivity contribution in [3.05, 3.63) is 47.4 Å². The van der Waals surface area contributed by atoms with E-state index in [1.165, 1.54) is 19.2 Å². The lowest BCUT2D eigenvalue weighted by atomic mass is 10.2. The second-order valence-corrected chi connectivity index (χ2v) is 5.64. The van der Waals surface area contributed by atoms with Crippen molar-refractivity contribution >= 4 is 5.91 Å². The molecule has 0 radical (unpaired) electrons. The van der Waals surface area contributed by atoms with Crippen LogP contribution in [0.5, 0.6) is 11.6 Å². The fraction of sp³-hybridized carbons (Fsp3) is 0.353. The van der Waals surface area contributed by atoms with E-state index in [1.54, 1.807) is 17.0 Å². The normalized spacial score (nSPS) is 17.0. The molecule has 1 amide bonds. The number of amides is 1. The molecule has 1 fully saturated rings. The monoisotopic (exact) mass is 331 g/mol. The Balaban J connectivity index is 1.63. The van der Waals surface area contributed by atoms with Crippen LogP contribution < -0.4 is 9.47 Å². The largest absolute Gasteiger partial charge is 0.494 e. The standard InChI is InChI=1S/C17H18FN3O3/c1-11-3-6-16(20-19-11)24-13-7-8-21(10-13)17(22)12-4-5-15(23-2)14(18)9-12/h3-6,9,13H,7-8,10H2,1-2H3/t13-/m0/s1. The number of nitrogens with zero attached hydrogens (tertiary/aromatic N) is 3. The number of hydrogen-bond donors (Lipinski definition) is 0. The maximum absolute atomic E-state index is 13.8. The summed E-state index contributed by atoms with van der Waals surface area (Å²) in [6.45, 7) is 2.83. The summed E-state index contributed by atoms with van der Waals surface area (Å²) in [4.78, 5) is 14.1. The Hall–Kier alpha value is -2.70. The van der Waals surface area contributed by atoms with Gasteiger partial charge in [0.25, 0.3) is 5.91 Å². The van der Waals surface area contributed by atoms with Crippen LogP contribution in [0.25, 0.3) is 0 Å². The van der Waals surface area contributed by atoms with Crippen molar-refractivity contribution in [3.63, 3.8) is 0 Å². The molecule has 126 valence electrons. The van der Waals surface area contributed by atoms with Crippen LogP contribution >= 0.6 is 0 Å². The first kappa shape index (κ1) is 16.2. The summed E-state index contributed by atoms with van der Waals surface area (Å²) < 4.78 is 24.4. The third-order valence-corrected chi connectivity index (χ3v) is 3.89. The van der Waals surface area contributed by atoms with Gasteiger partial charge in [0.05, 0.1) is 19.3 Å². The lowest BCUT2D eigenvalue weighted by Gasteiger charge is -2.17. The highest BCUT2D eigenvalue weighted by atomic mass is 19.1. The number of carbonyl (C=O) groups is 1. The Kier molecular flexibility index (Phi) is 4.59. The molecule has 0 saturated carbocycles. The first-order valence-electron chi connectivity index (χ1n) is 7.66. The van der Waals surface area contributed by atoms with Crippen molar-refractivity contribution in [1.82, 2.24) is 15.1 Å². The Morgan fingerprint density at radius 3 is 2.79 bits per heavy atom. The molecule has 1 saturated heterocycles. The van der Waals surface area contributed by atoms with Crippen molar-refractivity contribution in [1.29, 1.82) is 0 Å². The summed E-state index contributed by atoms with van der Waals surface area (Å²) in [5, 5.41) is 7.90. The van der Waals surface area contributed by atoms with Crippen molar-refractivity contribution in [3.8, 4) is 11.6 Å². The number of halogens is 1. The molecule has 0 aliphatic carbocycles. The van der Waals surface area contributed by atoms with Crippen LogP contribution in [-0.4, -0.2) is 47.3 Å². The molecule has 1 aromatic heterocycles. The second-order valence-electron chi connectivity index (χ2n) is 5.64. The zero-order chi connectivity index (χ0) is 17.1. The minimum absolute atomic E-state index is 0.118. The molecule has 0 spiro atoms. The smallest absolute Gasteiger partial charge is 0.254 e. The van der Waals surface area contributed by atoms with Crippen molar-refractivity contribution in [2.24, 2.45) is 0 Å². The first-order chi connectivity index (χ1) is 11.6. The molecule has 1 aliphatic heterocycles. The minimum Gasteiger partial charge on any atom is -0.494 e. The van der Waals surface area contributed by atoms with Crippen LogP contribution in [0.2, 0.25) is 0 Å². The number of aromatic nitrogens is 2. The molecule has 0 bridgehead atoms. The summed E-state index contributed by atoms with van der Waals surface area (Å²) in [7, 11) is 1.39. The maximum Gasteiger partial charge on any atom is 0.254 e. The molecular weight excluding hydrogens is 313 g/mol. The zero-order valence-electron chi connectivity index (χ0n) is 13.5. The number of ether oxygens (including phenoxy) is 2. The second kappa shape index (κ2) is 6.82. The quantitative estimate of drug-likeness (QED) is 0.859. The van der Waals surface area contributed by atoms with Gasteiger partial charge in [-0.05, 0) is 31.2 Å². The number of likely N-dealkylation sites (tertiary alicyclic amines) is 1. The van der Waals surface area contributed by atoms with Gasteiger partial charge in [0.2, 0.25) is 5.88 Å². The van der Waals surface area contributed by atoms with E-state index in [9.17, 15) is 9.18 Å². The fourth-order valence-corrected chi connectivity index (χ4v) is 2.61. The summed E-state index contributed by atoms with van der Waals surface area (Å²) in [5.74, 6) is -0.217. The molecule has 2 heterocycles. The third-order valence-electron chi connectivity index (χ3n) is 3.89. The van der Waals surface area contributed by atoms with E-state index in [0.29, 0.717) is 31.0 Å². The highest BCUT2D eigenvalue weighted by molar-refractivity contribution is 5.94. The molecule has 0 unspecified atom stereocenters. The summed E-state index contributed by atoms with van der Waals surface area (Å²) in [6, 6.07) is 7.78. The number of carbonyl (C=O) groups excluding carboxylic acids is 1. The van der Waals surface area contributed by atoms with E-state index < -0.39 is 5.82 Å². The predicted molar refractivity (Wildman–Crippen MR) is 84.7 cm³/mol. The minimum atomic E-state index is -0.551. The molecule has 2 aromatic rings. The number of rotatable bonds is 4. The van der Waals surface area contributed by atoms with E-state index in [-0.39, 0.29) is 17.8 Å². The van der Waals surface area contributed by atoms with Gasteiger partial charge in [-0.1, -0.05) is 0 Å². The van der Waals surface area contributed by atoms with Crippen LogP contribution in [-0.2, 0) is 0 Å². The Morgan fingerprint density at radius 2 is 2.12 bits per heavy atom. The van der Waals surface area contributed by atoms with Gasteiger partial charge in [-0.25, -0.2) is 4.39 Å². The Labute approximate surface area is 139 Å². The van der Waals surface area contributed by atoms with Gasteiger partial charge in [-0.15, -0.1) is 5.10 Å². The molecule has 1 atom stereocenters. The summed E-state index contributed by atoms with van der Waals surface area (Å²) >= 11 is 0. The van der Waals surface area contributed by atoms with Gasteiger partial charge in [-0.2, -0.15) is 5.10 Å². The van der Waals surface area contributed by atoms with Gasteiger partial charge in [0.15, 0.2) is 11.6 Å². The van der Waals surface area contributed by atoms with E-state index in [1.807, 2.05) is 13.0 Å². The van der Waals surface area contributed by atoms with E-state index in [2.05, 4.69) is 10.2 Å². The average Bonchev–Trinajstić information content (AvgIpc) is 3.04.